The first-order chi connectivity index (χ1) is 8.45. The zero-order valence-electron chi connectivity index (χ0n) is 10.6. The molecule has 96 valence electrons. The second-order valence-electron chi connectivity index (χ2n) is 5.48. The highest BCUT2D eigenvalue weighted by molar-refractivity contribution is 9.10. The maximum atomic E-state index is 14.1. The molecule has 1 atom stereocenters. The molecule has 1 fully saturated rings. The molecule has 0 aromatic heterocycles. The second kappa shape index (κ2) is 4.89. The number of anilines is 1. The Morgan fingerprint density at radius 3 is 2.78 bits per heavy atom. The molecule has 0 spiro atoms. The first kappa shape index (κ1) is 13.4. The molecular formula is C14H16BrFN2. The van der Waals surface area contributed by atoms with Crippen molar-refractivity contribution in [2.75, 3.05) is 5.32 Å². The van der Waals surface area contributed by atoms with Crippen LogP contribution in [-0.4, -0.2) is 6.04 Å². The summed E-state index contributed by atoms with van der Waals surface area (Å²) in [6, 6.07) is 5.52. The largest absolute Gasteiger partial charge is 0.379 e. The Morgan fingerprint density at radius 1 is 1.50 bits per heavy atom. The third-order valence-corrected chi connectivity index (χ3v) is 4.57. The quantitative estimate of drug-likeness (QED) is 0.876. The van der Waals surface area contributed by atoms with E-state index in [0.717, 1.165) is 12.8 Å². The molecule has 2 rings (SSSR count). The molecule has 0 radical (unpaired) electrons. The number of hydrogen-bond donors (Lipinski definition) is 1. The van der Waals surface area contributed by atoms with Gasteiger partial charge in [0.2, 0.25) is 0 Å². The molecule has 0 aliphatic heterocycles. The lowest BCUT2D eigenvalue weighted by Crippen LogP contribution is -2.31. The Bertz CT molecular complexity index is 505. The molecule has 1 aliphatic carbocycles. The number of rotatable bonds is 2. The van der Waals surface area contributed by atoms with E-state index < -0.39 is 0 Å². The number of nitrogens with one attached hydrogen (secondary N) is 1. The molecule has 2 nitrogen and oxygen atoms in total. The van der Waals surface area contributed by atoms with Gasteiger partial charge in [0.1, 0.15) is 6.07 Å². The molecular weight excluding hydrogens is 295 g/mol. The van der Waals surface area contributed by atoms with Gasteiger partial charge in [-0.3, -0.25) is 0 Å². The van der Waals surface area contributed by atoms with Gasteiger partial charge in [-0.15, -0.1) is 0 Å². The van der Waals surface area contributed by atoms with Gasteiger partial charge in [0.15, 0.2) is 5.82 Å². The SMILES string of the molecule is CC1(C)CCCC1Nc1ccc(C#N)c(Br)c1F. The Hall–Kier alpha value is -1.08. The van der Waals surface area contributed by atoms with Crippen LogP contribution in [0.25, 0.3) is 0 Å². The summed E-state index contributed by atoms with van der Waals surface area (Å²) < 4.78 is 14.3. The van der Waals surface area contributed by atoms with Gasteiger partial charge in [0.25, 0.3) is 0 Å². The van der Waals surface area contributed by atoms with Crippen molar-refractivity contribution >= 4 is 21.6 Å². The Labute approximate surface area is 115 Å². The first-order valence-electron chi connectivity index (χ1n) is 6.10. The smallest absolute Gasteiger partial charge is 0.161 e. The van der Waals surface area contributed by atoms with Gasteiger partial charge in [-0.05, 0) is 46.3 Å². The van der Waals surface area contributed by atoms with Crippen molar-refractivity contribution in [3.8, 4) is 6.07 Å². The van der Waals surface area contributed by atoms with Crippen molar-refractivity contribution in [2.24, 2.45) is 5.41 Å². The standard InChI is InChI=1S/C14H16BrFN2/c1-14(2)7-3-4-11(14)18-10-6-5-9(8-17)12(15)13(10)16/h5-6,11,18H,3-4,7H2,1-2H3. The van der Waals surface area contributed by atoms with E-state index in [4.69, 9.17) is 5.26 Å². The minimum absolute atomic E-state index is 0.187. The minimum Gasteiger partial charge on any atom is -0.379 e. The van der Waals surface area contributed by atoms with Crippen molar-refractivity contribution in [2.45, 2.75) is 39.2 Å². The summed E-state index contributed by atoms with van der Waals surface area (Å²) in [4.78, 5) is 0. The molecule has 1 aromatic rings. The zero-order chi connectivity index (χ0) is 13.3. The van der Waals surface area contributed by atoms with Crippen LogP contribution in [0.1, 0.15) is 38.7 Å². The minimum atomic E-state index is -0.378. The predicted octanol–water partition coefficient (Wildman–Crippen LogP) is 4.45. The molecule has 0 heterocycles. The van der Waals surface area contributed by atoms with E-state index >= 15 is 0 Å². The maximum Gasteiger partial charge on any atom is 0.161 e. The van der Waals surface area contributed by atoms with E-state index in [0.29, 0.717) is 11.3 Å². The molecule has 0 bridgehead atoms. The number of nitrogens with zero attached hydrogens (tertiary/aromatic N) is 1. The highest BCUT2D eigenvalue weighted by atomic mass is 79.9. The predicted molar refractivity (Wildman–Crippen MR) is 73.9 cm³/mol. The second-order valence-corrected chi connectivity index (χ2v) is 6.27. The monoisotopic (exact) mass is 310 g/mol. The van der Waals surface area contributed by atoms with E-state index in [1.165, 1.54) is 6.42 Å². The van der Waals surface area contributed by atoms with E-state index in [-0.39, 0.29) is 21.7 Å². The fraction of sp³-hybridized carbons (Fsp3) is 0.500. The van der Waals surface area contributed by atoms with Gasteiger partial charge in [-0.1, -0.05) is 20.3 Å². The molecule has 1 saturated carbocycles. The molecule has 4 heteroatoms. The lowest BCUT2D eigenvalue weighted by atomic mass is 9.87. The van der Waals surface area contributed by atoms with Gasteiger partial charge in [0.05, 0.1) is 15.7 Å². The van der Waals surface area contributed by atoms with Crippen LogP contribution in [0.5, 0.6) is 0 Å². The third-order valence-electron chi connectivity index (χ3n) is 3.79. The van der Waals surface area contributed by atoms with Gasteiger partial charge in [-0.25, -0.2) is 4.39 Å². The fourth-order valence-corrected chi connectivity index (χ4v) is 2.96. The van der Waals surface area contributed by atoms with Crippen LogP contribution in [0.3, 0.4) is 0 Å². The highest BCUT2D eigenvalue weighted by Gasteiger charge is 2.34. The normalized spacial score (nSPS) is 21.6. The number of nitriles is 1. The lowest BCUT2D eigenvalue weighted by molar-refractivity contribution is 0.349. The molecule has 0 amide bonds. The van der Waals surface area contributed by atoms with Crippen LogP contribution >= 0.6 is 15.9 Å². The van der Waals surface area contributed by atoms with Gasteiger partial charge >= 0.3 is 0 Å². The van der Waals surface area contributed by atoms with Gasteiger partial charge in [0, 0.05) is 6.04 Å². The van der Waals surface area contributed by atoms with E-state index in [2.05, 4.69) is 35.1 Å². The molecule has 18 heavy (non-hydrogen) atoms. The molecule has 0 saturated heterocycles. The van der Waals surface area contributed by atoms with Gasteiger partial charge < -0.3 is 5.32 Å². The van der Waals surface area contributed by atoms with Crippen molar-refractivity contribution < 1.29 is 4.39 Å². The maximum absolute atomic E-state index is 14.1. The van der Waals surface area contributed by atoms with Crippen LogP contribution in [0, 0.1) is 22.6 Å². The lowest BCUT2D eigenvalue weighted by Gasteiger charge is -2.29. The molecule has 1 aliphatic rings. The van der Waals surface area contributed by atoms with E-state index in [1.54, 1.807) is 12.1 Å². The summed E-state index contributed by atoms with van der Waals surface area (Å²) in [5.41, 5.74) is 0.983. The zero-order valence-corrected chi connectivity index (χ0v) is 12.1. The Morgan fingerprint density at radius 2 is 2.22 bits per heavy atom. The average molecular weight is 311 g/mol. The average Bonchev–Trinajstić information content (AvgIpc) is 2.65. The van der Waals surface area contributed by atoms with Crippen molar-refractivity contribution in [3.05, 3.63) is 28.0 Å². The summed E-state index contributed by atoms with van der Waals surface area (Å²) in [6.07, 6.45) is 3.39. The van der Waals surface area contributed by atoms with E-state index in [9.17, 15) is 4.39 Å². The Kier molecular flexibility index (Phi) is 3.63. The van der Waals surface area contributed by atoms with Crippen molar-refractivity contribution in [3.63, 3.8) is 0 Å². The Balaban J connectivity index is 2.26. The van der Waals surface area contributed by atoms with Gasteiger partial charge in [-0.2, -0.15) is 5.26 Å². The van der Waals surface area contributed by atoms with Crippen LogP contribution in [-0.2, 0) is 0 Å². The topological polar surface area (TPSA) is 35.8 Å². The van der Waals surface area contributed by atoms with Crippen LogP contribution in [0.2, 0.25) is 0 Å². The summed E-state index contributed by atoms with van der Waals surface area (Å²) in [7, 11) is 0. The van der Waals surface area contributed by atoms with Crippen LogP contribution < -0.4 is 5.32 Å². The summed E-state index contributed by atoms with van der Waals surface area (Å²) in [6.45, 7) is 4.41. The van der Waals surface area contributed by atoms with E-state index in [1.807, 2.05) is 6.07 Å². The molecule has 1 aromatic carbocycles. The number of halogens is 2. The molecule has 1 N–H and O–H groups in total. The fourth-order valence-electron chi connectivity index (χ4n) is 2.53. The van der Waals surface area contributed by atoms with Crippen molar-refractivity contribution in [1.82, 2.24) is 0 Å². The number of hydrogen-bond acceptors (Lipinski definition) is 2. The number of benzene rings is 1. The van der Waals surface area contributed by atoms with Crippen LogP contribution in [0.4, 0.5) is 10.1 Å². The first-order valence-corrected chi connectivity index (χ1v) is 6.89. The highest BCUT2D eigenvalue weighted by Crippen LogP contribution is 2.40. The van der Waals surface area contributed by atoms with Crippen LogP contribution in [0.15, 0.2) is 16.6 Å². The summed E-state index contributed by atoms with van der Waals surface area (Å²) >= 11 is 3.13. The van der Waals surface area contributed by atoms with Crippen molar-refractivity contribution in [1.29, 1.82) is 5.26 Å². The molecule has 1 unspecified atom stereocenters. The summed E-state index contributed by atoms with van der Waals surface area (Å²) in [5, 5.41) is 12.1. The third kappa shape index (κ3) is 2.37. The summed E-state index contributed by atoms with van der Waals surface area (Å²) in [5.74, 6) is -0.378.